The normalized spacial score (nSPS) is 10.1. The zero-order chi connectivity index (χ0) is 11.4. The predicted octanol–water partition coefficient (Wildman–Crippen LogP) is 1.79. The molecule has 7 heteroatoms. The van der Waals surface area contributed by atoms with E-state index in [1.807, 2.05) is 6.07 Å². The number of furan rings is 1. The molecule has 0 aromatic carbocycles. The molecule has 84 valence electrons. The average molecular weight is 238 g/mol. The number of carbonyl (C=O) groups excluding carboxylic acids is 1. The molecule has 0 atom stereocenters. The fourth-order valence-corrected chi connectivity index (χ4v) is 1.56. The van der Waals surface area contributed by atoms with Crippen LogP contribution in [0, 0.1) is 0 Å². The minimum Gasteiger partial charge on any atom is -0.467 e. The number of hydrogen-bond acceptors (Lipinski definition) is 5. The van der Waals surface area contributed by atoms with E-state index in [4.69, 9.17) is 4.42 Å². The van der Waals surface area contributed by atoms with Gasteiger partial charge in [-0.25, -0.2) is 4.79 Å². The zero-order valence-corrected chi connectivity index (χ0v) is 9.40. The summed E-state index contributed by atoms with van der Waals surface area (Å²) in [6, 6.07) is 3.36. The summed E-state index contributed by atoms with van der Waals surface area (Å²) in [5.74, 6) is 0.731. The van der Waals surface area contributed by atoms with Crippen molar-refractivity contribution in [1.29, 1.82) is 0 Å². The lowest BCUT2D eigenvalue weighted by Crippen LogP contribution is -2.30. The quantitative estimate of drug-likeness (QED) is 0.885. The van der Waals surface area contributed by atoms with Crippen molar-refractivity contribution in [3.05, 3.63) is 29.7 Å². The number of urea groups is 1. The molecular formula is C9H10N4O2S. The summed E-state index contributed by atoms with van der Waals surface area (Å²) in [6.07, 6.45) is 1.58. The third kappa shape index (κ3) is 2.57. The third-order valence-electron chi connectivity index (χ3n) is 1.89. The molecule has 2 amide bonds. The maximum absolute atomic E-state index is 11.6. The molecule has 0 radical (unpaired) electrons. The number of nitrogens with zero attached hydrogens (tertiary/aromatic N) is 3. The molecule has 0 unspecified atom stereocenters. The maximum Gasteiger partial charge on any atom is 0.323 e. The molecule has 0 bridgehead atoms. The molecule has 0 fully saturated rings. The van der Waals surface area contributed by atoms with Crippen molar-refractivity contribution in [2.45, 2.75) is 6.54 Å². The van der Waals surface area contributed by atoms with Crippen LogP contribution in [-0.4, -0.2) is 28.2 Å². The molecule has 2 heterocycles. The first kappa shape index (κ1) is 10.6. The Kier molecular flexibility index (Phi) is 3.16. The lowest BCUT2D eigenvalue weighted by molar-refractivity contribution is 0.216. The van der Waals surface area contributed by atoms with Crippen LogP contribution in [0.5, 0.6) is 0 Å². The number of anilines is 1. The summed E-state index contributed by atoms with van der Waals surface area (Å²) in [4.78, 5) is 13.1. The molecule has 0 aliphatic rings. The van der Waals surface area contributed by atoms with Crippen molar-refractivity contribution < 1.29 is 9.21 Å². The van der Waals surface area contributed by atoms with Crippen LogP contribution in [0.3, 0.4) is 0 Å². The first-order valence-corrected chi connectivity index (χ1v) is 5.44. The molecule has 0 aliphatic heterocycles. The van der Waals surface area contributed by atoms with E-state index in [9.17, 15) is 4.79 Å². The summed E-state index contributed by atoms with van der Waals surface area (Å²) in [6.45, 7) is 0.414. The Morgan fingerprint density at radius 2 is 2.56 bits per heavy atom. The Hall–Kier alpha value is -1.89. The minimum absolute atomic E-state index is 0.242. The van der Waals surface area contributed by atoms with Gasteiger partial charge in [-0.1, -0.05) is 11.3 Å². The van der Waals surface area contributed by atoms with Crippen LogP contribution >= 0.6 is 11.3 Å². The second-order valence-corrected chi connectivity index (χ2v) is 3.94. The van der Waals surface area contributed by atoms with Crippen LogP contribution in [0.15, 0.2) is 28.3 Å². The van der Waals surface area contributed by atoms with Crippen molar-refractivity contribution in [1.82, 2.24) is 15.1 Å². The average Bonchev–Trinajstić information content (AvgIpc) is 2.90. The van der Waals surface area contributed by atoms with Crippen LogP contribution in [0.1, 0.15) is 5.76 Å². The Labute approximate surface area is 95.9 Å². The summed E-state index contributed by atoms with van der Waals surface area (Å²) in [7, 11) is 1.68. The lowest BCUT2D eigenvalue weighted by Gasteiger charge is -2.14. The molecule has 0 saturated heterocycles. The van der Waals surface area contributed by atoms with Crippen LogP contribution < -0.4 is 5.32 Å². The molecule has 2 rings (SSSR count). The second-order valence-electron chi connectivity index (χ2n) is 3.11. The zero-order valence-electron chi connectivity index (χ0n) is 8.58. The minimum atomic E-state index is -0.242. The standard InChI is InChI=1S/C9H10N4O2S/c1-13(5-7-3-2-4-15-7)9(14)11-8-12-10-6-16-8/h2-4,6H,5H2,1H3,(H,11,12,14). The monoisotopic (exact) mass is 238 g/mol. The number of carbonyl (C=O) groups is 1. The van der Waals surface area contributed by atoms with Crippen molar-refractivity contribution in [3.63, 3.8) is 0 Å². The van der Waals surface area contributed by atoms with Gasteiger partial charge in [-0.2, -0.15) is 0 Å². The van der Waals surface area contributed by atoms with Crippen LogP contribution in [-0.2, 0) is 6.54 Å². The van der Waals surface area contributed by atoms with Gasteiger partial charge in [-0.3, -0.25) is 5.32 Å². The SMILES string of the molecule is CN(Cc1ccco1)C(=O)Nc1nncs1. The van der Waals surface area contributed by atoms with E-state index in [-0.39, 0.29) is 6.03 Å². The molecule has 16 heavy (non-hydrogen) atoms. The summed E-state index contributed by atoms with van der Waals surface area (Å²) in [5.41, 5.74) is 1.56. The maximum atomic E-state index is 11.6. The molecule has 1 N–H and O–H groups in total. The van der Waals surface area contributed by atoms with Gasteiger partial charge in [0.2, 0.25) is 5.13 Å². The third-order valence-corrected chi connectivity index (χ3v) is 2.50. The Morgan fingerprint density at radius 1 is 1.69 bits per heavy atom. The van der Waals surface area contributed by atoms with Crippen LogP contribution in [0.2, 0.25) is 0 Å². The van der Waals surface area contributed by atoms with Gasteiger partial charge in [-0.15, -0.1) is 10.2 Å². The van der Waals surface area contributed by atoms with E-state index in [2.05, 4.69) is 15.5 Å². The summed E-state index contributed by atoms with van der Waals surface area (Å²) in [5, 5.41) is 10.5. The highest BCUT2D eigenvalue weighted by molar-refractivity contribution is 7.13. The van der Waals surface area contributed by atoms with Gasteiger partial charge in [0.25, 0.3) is 0 Å². The van der Waals surface area contributed by atoms with E-state index < -0.39 is 0 Å². The molecule has 2 aromatic rings. The molecular weight excluding hydrogens is 228 g/mol. The molecule has 0 spiro atoms. The van der Waals surface area contributed by atoms with Gasteiger partial charge >= 0.3 is 6.03 Å². The van der Waals surface area contributed by atoms with E-state index in [0.717, 1.165) is 5.76 Å². The highest BCUT2D eigenvalue weighted by Crippen LogP contribution is 2.10. The molecule has 6 nitrogen and oxygen atoms in total. The largest absolute Gasteiger partial charge is 0.467 e. The van der Waals surface area contributed by atoms with E-state index in [1.165, 1.54) is 16.2 Å². The van der Waals surface area contributed by atoms with Crippen LogP contribution in [0.4, 0.5) is 9.93 Å². The van der Waals surface area contributed by atoms with Crippen molar-refractivity contribution in [2.24, 2.45) is 0 Å². The number of rotatable bonds is 3. The smallest absolute Gasteiger partial charge is 0.323 e. The van der Waals surface area contributed by atoms with E-state index in [1.54, 1.807) is 24.9 Å². The second kappa shape index (κ2) is 4.75. The number of hydrogen-bond donors (Lipinski definition) is 1. The topological polar surface area (TPSA) is 71.3 Å². The summed E-state index contributed by atoms with van der Waals surface area (Å²) < 4.78 is 5.14. The van der Waals surface area contributed by atoms with Crippen molar-refractivity contribution in [3.8, 4) is 0 Å². The number of nitrogens with one attached hydrogen (secondary N) is 1. The van der Waals surface area contributed by atoms with Gasteiger partial charge in [0.15, 0.2) is 0 Å². The van der Waals surface area contributed by atoms with Gasteiger partial charge in [0, 0.05) is 7.05 Å². The molecule has 0 aliphatic carbocycles. The highest BCUT2D eigenvalue weighted by atomic mass is 32.1. The number of amides is 2. The highest BCUT2D eigenvalue weighted by Gasteiger charge is 2.11. The molecule has 0 saturated carbocycles. The predicted molar refractivity (Wildman–Crippen MR) is 59.1 cm³/mol. The van der Waals surface area contributed by atoms with Crippen molar-refractivity contribution in [2.75, 3.05) is 12.4 Å². The fraction of sp³-hybridized carbons (Fsp3) is 0.222. The van der Waals surface area contributed by atoms with Crippen molar-refractivity contribution >= 4 is 22.5 Å². The van der Waals surface area contributed by atoms with Gasteiger partial charge in [0.1, 0.15) is 11.3 Å². The summed E-state index contributed by atoms with van der Waals surface area (Å²) >= 11 is 1.27. The van der Waals surface area contributed by atoms with Gasteiger partial charge in [-0.05, 0) is 12.1 Å². The van der Waals surface area contributed by atoms with Crippen LogP contribution in [0.25, 0.3) is 0 Å². The fourth-order valence-electron chi connectivity index (χ4n) is 1.12. The van der Waals surface area contributed by atoms with Gasteiger partial charge in [0.05, 0.1) is 12.8 Å². The number of aromatic nitrogens is 2. The first-order valence-electron chi connectivity index (χ1n) is 4.56. The Morgan fingerprint density at radius 3 is 3.19 bits per heavy atom. The Bertz CT molecular complexity index is 440. The van der Waals surface area contributed by atoms with Gasteiger partial charge < -0.3 is 9.32 Å². The molecule has 2 aromatic heterocycles. The van der Waals surface area contributed by atoms with E-state index >= 15 is 0 Å². The lowest BCUT2D eigenvalue weighted by atomic mass is 10.4. The first-order chi connectivity index (χ1) is 7.75. The Balaban J connectivity index is 1.90. The van der Waals surface area contributed by atoms with E-state index in [0.29, 0.717) is 11.7 Å².